The zero-order valence-corrected chi connectivity index (χ0v) is 20.5. The molecule has 214 valence electrons. The van der Waals surface area contributed by atoms with Crippen LogP contribution in [0, 0.1) is 5.92 Å². The second-order valence-electron chi connectivity index (χ2n) is 9.39. The Kier molecular flexibility index (Phi) is 8.11. The Morgan fingerprint density at radius 1 is 1.15 bits per heavy atom. The molecule has 0 radical (unpaired) electrons. The van der Waals surface area contributed by atoms with E-state index < -0.39 is 65.7 Å². The van der Waals surface area contributed by atoms with Gasteiger partial charge < -0.3 is 19.6 Å². The Bertz CT molecular complexity index is 1130. The molecule has 2 N–H and O–H groups in total. The van der Waals surface area contributed by atoms with Crippen molar-refractivity contribution >= 4 is 29.7 Å². The number of likely N-dealkylation sites (tertiary alicyclic amines) is 1. The van der Waals surface area contributed by atoms with Crippen molar-refractivity contribution < 1.29 is 45.8 Å². The summed E-state index contributed by atoms with van der Waals surface area (Å²) in [6, 6.07) is -1.39. The highest BCUT2D eigenvalue weighted by atomic mass is 19.4. The SMILES string of the molecule is C[C@@H](CO[C@@H]1CCN([C@@H]2CCN(c3ncc(C(F)(F)F)cn3)C[C@@H]2O)C1=O)N=C1C=NNC(=O)C1C(F)(F)F. The van der Waals surface area contributed by atoms with E-state index in [2.05, 4.69) is 20.1 Å². The number of rotatable bonds is 6. The maximum Gasteiger partial charge on any atom is 0.419 e. The molecule has 2 amide bonds. The molecule has 4 heterocycles. The molecule has 3 aliphatic heterocycles. The van der Waals surface area contributed by atoms with Crippen LogP contribution in [0.15, 0.2) is 22.5 Å². The molecule has 2 saturated heterocycles. The second-order valence-corrected chi connectivity index (χ2v) is 9.39. The van der Waals surface area contributed by atoms with E-state index in [0.717, 1.165) is 6.21 Å². The first-order chi connectivity index (χ1) is 18.3. The van der Waals surface area contributed by atoms with Crippen LogP contribution >= 0.6 is 0 Å². The predicted molar refractivity (Wildman–Crippen MR) is 123 cm³/mol. The number of aromatic nitrogens is 2. The maximum absolute atomic E-state index is 13.2. The molecule has 5 atom stereocenters. The van der Waals surface area contributed by atoms with Gasteiger partial charge in [0.25, 0.3) is 11.8 Å². The predicted octanol–water partition coefficient (Wildman–Crippen LogP) is 1.18. The molecule has 11 nitrogen and oxygen atoms in total. The fraction of sp³-hybridized carbons (Fsp3) is 0.636. The Morgan fingerprint density at radius 2 is 1.85 bits per heavy atom. The van der Waals surface area contributed by atoms with Gasteiger partial charge in [-0.2, -0.15) is 31.4 Å². The number of amides is 2. The Hall–Kier alpha value is -3.34. The first kappa shape index (κ1) is 28.7. The topological polar surface area (TPSA) is 133 Å². The van der Waals surface area contributed by atoms with Crippen LogP contribution in [-0.4, -0.2) is 100 Å². The molecule has 0 aromatic carbocycles. The molecule has 0 bridgehead atoms. The normalized spacial score (nSPS) is 28.3. The molecule has 0 aliphatic carbocycles. The first-order valence-electron chi connectivity index (χ1n) is 12.0. The Labute approximate surface area is 217 Å². The van der Waals surface area contributed by atoms with E-state index in [1.807, 2.05) is 0 Å². The second kappa shape index (κ2) is 11.0. The number of halogens is 6. The van der Waals surface area contributed by atoms with Gasteiger partial charge in [0.1, 0.15) is 6.10 Å². The average molecular weight is 565 g/mol. The van der Waals surface area contributed by atoms with Crippen molar-refractivity contribution in [2.24, 2.45) is 16.0 Å². The molecule has 1 aromatic heterocycles. The highest BCUT2D eigenvalue weighted by Crippen LogP contribution is 2.31. The summed E-state index contributed by atoms with van der Waals surface area (Å²) in [6.45, 7) is 1.83. The molecule has 0 spiro atoms. The number of hydrazone groups is 1. The van der Waals surface area contributed by atoms with Gasteiger partial charge in [-0.05, 0) is 13.3 Å². The van der Waals surface area contributed by atoms with Crippen LogP contribution < -0.4 is 10.3 Å². The van der Waals surface area contributed by atoms with Gasteiger partial charge in [0.15, 0.2) is 5.92 Å². The molecule has 3 aliphatic rings. The lowest BCUT2D eigenvalue weighted by Gasteiger charge is -2.40. The number of aliphatic hydroxyl groups excluding tert-OH is 1. The summed E-state index contributed by atoms with van der Waals surface area (Å²) in [4.78, 5) is 39.0. The van der Waals surface area contributed by atoms with Gasteiger partial charge in [-0.25, -0.2) is 15.4 Å². The quantitative estimate of drug-likeness (QED) is 0.495. The molecular formula is C22H25F6N7O4. The van der Waals surface area contributed by atoms with Crippen LogP contribution in [0.1, 0.15) is 25.3 Å². The zero-order chi connectivity index (χ0) is 28.5. The summed E-state index contributed by atoms with van der Waals surface area (Å²) in [5.41, 5.74) is 0.207. The first-order valence-corrected chi connectivity index (χ1v) is 12.0. The van der Waals surface area contributed by atoms with Gasteiger partial charge in [0.05, 0.1) is 42.3 Å². The van der Waals surface area contributed by atoms with E-state index >= 15 is 0 Å². The van der Waals surface area contributed by atoms with E-state index in [1.165, 1.54) is 16.7 Å². The van der Waals surface area contributed by atoms with Crippen molar-refractivity contribution in [2.45, 2.75) is 56.4 Å². The smallest absolute Gasteiger partial charge is 0.389 e. The number of hydrogen-bond acceptors (Lipinski definition) is 9. The minimum absolute atomic E-state index is 0.00460. The van der Waals surface area contributed by atoms with Crippen LogP contribution in [0.3, 0.4) is 0 Å². The number of aliphatic hydroxyl groups is 1. The van der Waals surface area contributed by atoms with Crippen LogP contribution in [0.4, 0.5) is 32.3 Å². The number of nitrogens with one attached hydrogen (secondary N) is 1. The molecule has 1 unspecified atom stereocenters. The van der Waals surface area contributed by atoms with E-state index in [0.29, 0.717) is 18.8 Å². The number of β-amino-alcohol motifs (C(OH)–C–C–N with tert-alkyl or cyclic N) is 1. The molecule has 39 heavy (non-hydrogen) atoms. The molecule has 1 aromatic rings. The van der Waals surface area contributed by atoms with Gasteiger partial charge in [-0.3, -0.25) is 14.6 Å². The fourth-order valence-electron chi connectivity index (χ4n) is 4.66. The van der Waals surface area contributed by atoms with Crippen molar-refractivity contribution in [1.82, 2.24) is 20.3 Å². The maximum atomic E-state index is 13.2. The third-order valence-electron chi connectivity index (χ3n) is 6.55. The number of ether oxygens (including phenoxy) is 1. The van der Waals surface area contributed by atoms with Crippen LogP contribution in [-0.2, 0) is 20.5 Å². The molecule has 4 rings (SSSR count). The van der Waals surface area contributed by atoms with Gasteiger partial charge in [-0.1, -0.05) is 0 Å². The van der Waals surface area contributed by atoms with Gasteiger partial charge in [0, 0.05) is 38.4 Å². The summed E-state index contributed by atoms with van der Waals surface area (Å²) in [7, 11) is 0. The van der Waals surface area contributed by atoms with Gasteiger partial charge in [0.2, 0.25) is 5.95 Å². The molecule has 0 saturated carbocycles. The number of hydrogen-bond donors (Lipinski definition) is 2. The lowest BCUT2D eigenvalue weighted by atomic mass is 10.0. The van der Waals surface area contributed by atoms with Crippen molar-refractivity contribution in [3.63, 3.8) is 0 Å². The van der Waals surface area contributed by atoms with Crippen LogP contribution in [0.25, 0.3) is 0 Å². The molecular weight excluding hydrogens is 540 g/mol. The summed E-state index contributed by atoms with van der Waals surface area (Å²) in [5.74, 6) is -4.17. The number of carbonyl (C=O) groups is 2. The van der Waals surface area contributed by atoms with Crippen molar-refractivity contribution in [2.75, 3.05) is 31.1 Å². The lowest BCUT2D eigenvalue weighted by molar-refractivity contribution is -0.168. The molecule has 2 fully saturated rings. The van der Waals surface area contributed by atoms with Crippen LogP contribution in [0.2, 0.25) is 0 Å². The highest BCUT2D eigenvalue weighted by molar-refractivity contribution is 6.37. The minimum atomic E-state index is -4.85. The minimum Gasteiger partial charge on any atom is -0.389 e. The monoisotopic (exact) mass is 565 g/mol. The number of anilines is 1. The standard InChI is InChI=1S/C22H25F6N7O4/c1-11(32-13-8-31-33-18(37)17(13)22(26,27)28)10-39-16-3-5-35(19(16)38)14-2-4-34(9-15(14)36)20-29-6-12(7-30-20)21(23,24)25/h6-8,11,14-17,36H,2-5,9-10H2,1H3,(H,33,37)/t11-,14+,15-,16+,17?/m0/s1. The Balaban J connectivity index is 1.31. The van der Waals surface area contributed by atoms with E-state index in [-0.39, 0.29) is 38.6 Å². The summed E-state index contributed by atoms with van der Waals surface area (Å²) in [6.07, 6.45) is -8.62. The number of piperidine rings is 1. The summed E-state index contributed by atoms with van der Waals surface area (Å²) >= 11 is 0. The van der Waals surface area contributed by atoms with Crippen LogP contribution in [0.5, 0.6) is 0 Å². The summed E-state index contributed by atoms with van der Waals surface area (Å²) in [5, 5.41) is 14.1. The third kappa shape index (κ3) is 6.46. The zero-order valence-electron chi connectivity index (χ0n) is 20.5. The Morgan fingerprint density at radius 3 is 2.46 bits per heavy atom. The highest BCUT2D eigenvalue weighted by Gasteiger charge is 2.49. The summed E-state index contributed by atoms with van der Waals surface area (Å²) < 4.78 is 83.6. The number of aliphatic imine (C=N–C) groups is 1. The van der Waals surface area contributed by atoms with Crippen molar-refractivity contribution in [3.8, 4) is 0 Å². The number of alkyl halides is 6. The third-order valence-corrected chi connectivity index (χ3v) is 6.55. The largest absolute Gasteiger partial charge is 0.419 e. The van der Waals surface area contributed by atoms with E-state index in [4.69, 9.17) is 4.74 Å². The van der Waals surface area contributed by atoms with Gasteiger partial charge in [-0.15, -0.1) is 0 Å². The van der Waals surface area contributed by atoms with Crippen molar-refractivity contribution in [3.05, 3.63) is 18.0 Å². The number of carbonyl (C=O) groups excluding carboxylic acids is 2. The average Bonchev–Trinajstić information content (AvgIpc) is 3.21. The van der Waals surface area contributed by atoms with E-state index in [9.17, 15) is 41.0 Å². The number of nitrogens with zero attached hydrogens (tertiary/aromatic N) is 6. The van der Waals surface area contributed by atoms with Crippen molar-refractivity contribution in [1.29, 1.82) is 0 Å². The van der Waals surface area contributed by atoms with Gasteiger partial charge >= 0.3 is 12.4 Å². The fourth-order valence-corrected chi connectivity index (χ4v) is 4.66. The van der Waals surface area contributed by atoms with E-state index in [1.54, 1.807) is 5.43 Å². The lowest BCUT2D eigenvalue weighted by Crippen LogP contribution is -2.55. The molecule has 17 heteroatoms.